The summed E-state index contributed by atoms with van der Waals surface area (Å²) in [7, 11) is -3.48. The van der Waals surface area contributed by atoms with Gasteiger partial charge in [-0.15, -0.1) is 0 Å². The van der Waals surface area contributed by atoms with Crippen LogP contribution in [0, 0.1) is 0 Å². The summed E-state index contributed by atoms with van der Waals surface area (Å²) in [5.41, 5.74) is 3.61. The van der Waals surface area contributed by atoms with Crippen molar-refractivity contribution in [1.82, 2.24) is 4.98 Å². The number of benzene rings is 1. The van der Waals surface area contributed by atoms with Crippen LogP contribution in [0.15, 0.2) is 34.5 Å². The van der Waals surface area contributed by atoms with Crippen molar-refractivity contribution in [2.24, 2.45) is 15.9 Å². The molecule has 1 fully saturated rings. The fourth-order valence-corrected chi connectivity index (χ4v) is 5.41. The first-order chi connectivity index (χ1) is 15.3. The number of nitrogens with two attached hydrogens (primary N) is 1. The lowest BCUT2D eigenvalue weighted by atomic mass is 9.80. The van der Waals surface area contributed by atoms with Crippen LogP contribution in [0.25, 0.3) is 10.9 Å². The molecule has 2 aliphatic rings. The molecule has 0 saturated heterocycles. The highest BCUT2D eigenvalue weighted by atomic mass is 32.2. The summed E-state index contributed by atoms with van der Waals surface area (Å²) in [6.07, 6.45) is 5.05. The summed E-state index contributed by atoms with van der Waals surface area (Å²) in [6.45, 7) is 2.14. The molecule has 0 amide bonds. The van der Waals surface area contributed by atoms with Gasteiger partial charge in [0, 0.05) is 24.1 Å². The van der Waals surface area contributed by atoms with E-state index in [1.165, 1.54) is 11.8 Å². The monoisotopic (exact) mass is 462 g/mol. The fraction of sp³-hybridized carbons (Fsp3) is 0.500. The van der Waals surface area contributed by atoms with E-state index in [-0.39, 0.29) is 18.9 Å². The molecule has 2 N–H and O–H groups in total. The van der Waals surface area contributed by atoms with Crippen LogP contribution in [0.2, 0.25) is 0 Å². The SMILES string of the molecule is C[C@@H](Oc1ccc2ncc3c(c2c1)CCOC3)/C(C=NC1CC(CF)(S(C)(=O)=O)C1)=N/N. The molecule has 0 radical (unpaired) electrons. The Balaban J connectivity index is 1.45. The first kappa shape index (κ1) is 22.6. The van der Waals surface area contributed by atoms with Gasteiger partial charge in [-0.05, 0) is 55.5 Å². The number of rotatable bonds is 7. The Morgan fingerprint density at radius 1 is 1.47 bits per heavy atom. The van der Waals surface area contributed by atoms with Crippen LogP contribution >= 0.6 is 0 Å². The standard InChI is InChI=1S/C22H27FN4O4S/c1-14(21(27-24)11-25-16-8-22(9-16,13-23)32(2,28)29)31-17-3-4-20-19(7-17)18-5-6-30-12-15(18)10-26-20/h3-4,7,10-11,14,16H,5-6,8-9,12-13,24H2,1-2H3/b25-11?,27-21+/t14-,16?,22?/m1/s1. The molecule has 8 nitrogen and oxygen atoms in total. The molecule has 4 rings (SSSR count). The number of halogens is 1. The fourth-order valence-electron chi connectivity index (χ4n) is 4.22. The molecule has 1 aliphatic heterocycles. The van der Waals surface area contributed by atoms with E-state index in [0.29, 0.717) is 24.7 Å². The van der Waals surface area contributed by atoms with Crippen molar-refractivity contribution < 1.29 is 22.3 Å². The maximum absolute atomic E-state index is 13.3. The molecule has 1 saturated carbocycles. The van der Waals surface area contributed by atoms with Crippen LogP contribution in [0.3, 0.4) is 0 Å². The van der Waals surface area contributed by atoms with Gasteiger partial charge in [0.15, 0.2) is 9.84 Å². The summed E-state index contributed by atoms with van der Waals surface area (Å²) in [6, 6.07) is 5.43. The minimum atomic E-state index is -3.48. The number of aromatic nitrogens is 1. The van der Waals surface area contributed by atoms with Crippen LogP contribution in [-0.2, 0) is 27.6 Å². The Morgan fingerprint density at radius 3 is 2.94 bits per heavy atom. The highest BCUT2D eigenvalue weighted by Crippen LogP contribution is 2.41. The quantitative estimate of drug-likeness (QED) is 0.384. The van der Waals surface area contributed by atoms with Gasteiger partial charge in [-0.25, -0.2) is 12.8 Å². The van der Waals surface area contributed by atoms with Crippen molar-refractivity contribution in [2.45, 2.75) is 49.7 Å². The summed E-state index contributed by atoms with van der Waals surface area (Å²) in [5, 5.41) is 4.81. The van der Waals surface area contributed by atoms with E-state index in [2.05, 4.69) is 15.1 Å². The molecule has 0 bridgehead atoms. The van der Waals surface area contributed by atoms with E-state index in [1.807, 2.05) is 24.4 Å². The number of hydrogen-bond acceptors (Lipinski definition) is 8. The lowest BCUT2D eigenvalue weighted by Crippen LogP contribution is -2.53. The number of hydrazone groups is 1. The molecule has 0 unspecified atom stereocenters. The number of alkyl halides is 1. The van der Waals surface area contributed by atoms with Crippen LogP contribution in [0.4, 0.5) is 4.39 Å². The lowest BCUT2D eigenvalue weighted by Gasteiger charge is -2.42. The zero-order valence-electron chi connectivity index (χ0n) is 18.1. The van der Waals surface area contributed by atoms with Crippen molar-refractivity contribution >= 4 is 32.7 Å². The third kappa shape index (κ3) is 4.21. The van der Waals surface area contributed by atoms with Crippen molar-refractivity contribution in [2.75, 3.05) is 19.5 Å². The maximum Gasteiger partial charge on any atom is 0.155 e. The average molecular weight is 463 g/mol. The summed E-state index contributed by atoms with van der Waals surface area (Å²) < 4.78 is 47.2. The van der Waals surface area contributed by atoms with Crippen molar-refractivity contribution in [3.63, 3.8) is 0 Å². The topological polar surface area (TPSA) is 116 Å². The number of pyridine rings is 1. The van der Waals surface area contributed by atoms with Gasteiger partial charge >= 0.3 is 0 Å². The Bertz CT molecular complexity index is 1180. The van der Waals surface area contributed by atoms with Crippen LogP contribution in [0.1, 0.15) is 30.9 Å². The van der Waals surface area contributed by atoms with Crippen molar-refractivity contribution in [3.05, 3.63) is 35.5 Å². The van der Waals surface area contributed by atoms with E-state index >= 15 is 0 Å². The predicted molar refractivity (Wildman–Crippen MR) is 122 cm³/mol. The van der Waals surface area contributed by atoms with E-state index < -0.39 is 27.4 Å². The van der Waals surface area contributed by atoms with E-state index in [4.69, 9.17) is 15.3 Å². The van der Waals surface area contributed by atoms with Gasteiger partial charge in [-0.1, -0.05) is 0 Å². The second kappa shape index (κ2) is 8.74. The Morgan fingerprint density at radius 2 is 2.25 bits per heavy atom. The highest BCUT2D eigenvalue weighted by Gasteiger charge is 2.52. The Labute approximate surface area is 186 Å². The molecule has 2 heterocycles. The van der Waals surface area contributed by atoms with Crippen LogP contribution < -0.4 is 10.6 Å². The Hall–Kier alpha value is -2.59. The predicted octanol–water partition coefficient (Wildman–Crippen LogP) is 2.38. The largest absolute Gasteiger partial charge is 0.484 e. The molecule has 32 heavy (non-hydrogen) atoms. The maximum atomic E-state index is 13.3. The minimum Gasteiger partial charge on any atom is -0.484 e. The van der Waals surface area contributed by atoms with Gasteiger partial charge in [-0.2, -0.15) is 5.10 Å². The molecule has 10 heteroatoms. The normalized spacial score (nSPS) is 24.8. The first-order valence-electron chi connectivity index (χ1n) is 10.5. The van der Waals surface area contributed by atoms with Crippen molar-refractivity contribution in [3.8, 4) is 5.75 Å². The molecule has 1 aliphatic carbocycles. The third-order valence-corrected chi connectivity index (χ3v) is 8.35. The molecule has 172 valence electrons. The second-order valence-corrected chi connectivity index (χ2v) is 10.9. The number of fused-ring (bicyclic) bond motifs is 3. The molecule has 1 aromatic carbocycles. The first-order valence-corrected chi connectivity index (χ1v) is 12.4. The van der Waals surface area contributed by atoms with E-state index in [0.717, 1.165) is 29.1 Å². The van der Waals surface area contributed by atoms with Gasteiger partial charge < -0.3 is 15.3 Å². The van der Waals surface area contributed by atoms with Crippen molar-refractivity contribution in [1.29, 1.82) is 0 Å². The number of ether oxygens (including phenoxy) is 2. The average Bonchev–Trinajstić information content (AvgIpc) is 2.74. The van der Waals surface area contributed by atoms with Crippen LogP contribution in [0.5, 0.6) is 5.75 Å². The lowest BCUT2D eigenvalue weighted by molar-refractivity contribution is 0.111. The molecular formula is C22H27FN4O4S. The molecule has 1 atom stereocenters. The number of nitrogens with zero attached hydrogens (tertiary/aromatic N) is 3. The van der Waals surface area contributed by atoms with Gasteiger partial charge in [0.1, 0.15) is 29.0 Å². The Kier molecular flexibility index (Phi) is 6.17. The number of sulfone groups is 1. The third-order valence-electron chi connectivity index (χ3n) is 6.34. The zero-order valence-corrected chi connectivity index (χ0v) is 18.9. The molecule has 1 aromatic heterocycles. The second-order valence-electron chi connectivity index (χ2n) is 8.49. The highest BCUT2D eigenvalue weighted by molar-refractivity contribution is 7.92. The number of aliphatic imine (C=N–C) groups is 1. The van der Waals surface area contributed by atoms with Gasteiger partial charge in [0.2, 0.25) is 0 Å². The molecular weight excluding hydrogens is 435 g/mol. The minimum absolute atomic E-state index is 0.151. The van der Waals surface area contributed by atoms with Gasteiger partial charge in [-0.3, -0.25) is 9.98 Å². The number of hydrogen-bond donors (Lipinski definition) is 1. The zero-order chi connectivity index (χ0) is 22.9. The molecule has 2 aromatic rings. The van der Waals surface area contributed by atoms with Crippen LogP contribution in [-0.4, -0.2) is 61.8 Å². The summed E-state index contributed by atoms with van der Waals surface area (Å²) >= 11 is 0. The summed E-state index contributed by atoms with van der Waals surface area (Å²) in [5.74, 6) is 6.19. The molecule has 0 spiro atoms. The summed E-state index contributed by atoms with van der Waals surface area (Å²) in [4.78, 5) is 8.85. The van der Waals surface area contributed by atoms with Gasteiger partial charge in [0.05, 0.1) is 24.8 Å². The van der Waals surface area contributed by atoms with Gasteiger partial charge in [0.25, 0.3) is 0 Å². The van der Waals surface area contributed by atoms with E-state index in [1.54, 1.807) is 6.92 Å². The smallest absolute Gasteiger partial charge is 0.155 e. The van der Waals surface area contributed by atoms with E-state index in [9.17, 15) is 12.8 Å².